The van der Waals surface area contributed by atoms with Crippen molar-refractivity contribution in [3.05, 3.63) is 18.1 Å². The SMILES string of the molecule is CCC[C@H]1O[C@H](CO)[C@H](O)[C@H](O)[C@H]1Nc1cncc(C(F)(F)COCCOCCOCCN)n1. The van der Waals surface area contributed by atoms with E-state index in [0.29, 0.717) is 39.2 Å². The molecule has 0 amide bonds. The molecule has 1 aromatic rings. The molecule has 196 valence electrons. The van der Waals surface area contributed by atoms with Gasteiger partial charge < -0.3 is 45.3 Å². The number of nitrogens with one attached hydrogen (secondary N) is 1. The molecule has 0 radical (unpaired) electrons. The first-order chi connectivity index (χ1) is 16.3. The number of hydrogen-bond acceptors (Lipinski definition) is 11. The molecule has 13 heteroatoms. The summed E-state index contributed by atoms with van der Waals surface area (Å²) in [5.74, 6) is -3.43. The van der Waals surface area contributed by atoms with Gasteiger partial charge in [-0.05, 0) is 6.42 Å². The zero-order chi connectivity index (χ0) is 25.0. The molecule has 1 aliphatic rings. The number of rotatable bonds is 16. The van der Waals surface area contributed by atoms with Crippen molar-refractivity contribution in [3.63, 3.8) is 0 Å². The van der Waals surface area contributed by atoms with Gasteiger partial charge in [0.1, 0.15) is 36.4 Å². The van der Waals surface area contributed by atoms with Gasteiger partial charge in [-0.2, -0.15) is 8.78 Å². The number of aromatic nitrogens is 2. The Morgan fingerprint density at radius 1 is 1.06 bits per heavy atom. The van der Waals surface area contributed by atoms with Crippen LogP contribution in [0.1, 0.15) is 25.5 Å². The Kier molecular flexibility index (Phi) is 12.4. The molecule has 11 nitrogen and oxygen atoms in total. The first-order valence-corrected chi connectivity index (χ1v) is 11.4. The topological polar surface area (TPSA) is 161 Å². The summed E-state index contributed by atoms with van der Waals surface area (Å²) in [5, 5.41) is 33.0. The largest absolute Gasteiger partial charge is 0.394 e. The molecule has 1 aliphatic heterocycles. The molecular weight excluding hydrogens is 458 g/mol. The number of halogens is 2. The van der Waals surface area contributed by atoms with E-state index in [1.807, 2.05) is 6.92 Å². The second-order valence-corrected chi connectivity index (χ2v) is 7.90. The number of alkyl halides is 2. The van der Waals surface area contributed by atoms with Crippen LogP contribution >= 0.6 is 0 Å². The molecule has 2 rings (SSSR count). The number of nitrogens with two attached hydrogens (primary N) is 1. The number of aliphatic hydroxyl groups excluding tert-OH is 3. The fraction of sp³-hybridized carbons (Fsp3) is 0.810. The summed E-state index contributed by atoms with van der Waals surface area (Å²) in [6.45, 7) is 2.14. The van der Waals surface area contributed by atoms with Gasteiger partial charge in [-0.15, -0.1) is 0 Å². The fourth-order valence-electron chi connectivity index (χ4n) is 3.48. The number of nitrogens with zero attached hydrogens (tertiary/aromatic N) is 2. The lowest BCUT2D eigenvalue weighted by Crippen LogP contribution is -2.61. The van der Waals surface area contributed by atoms with Gasteiger partial charge in [-0.3, -0.25) is 4.98 Å². The zero-order valence-corrected chi connectivity index (χ0v) is 19.3. The normalized spacial score (nSPS) is 25.4. The standard InChI is InChI=1S/C21H36F2N4O7/c1-2-3-14-18(20(30)19(29)15(12-28)34-14)27-17-11-25-10-16(26-17)21(22,23)13-33-9-8-32-7-6-31-5-4-24/h10-11,14-15,18-20,28-30H,2-9,12-13,24H2,1H3,(H,26,27)/t14-,15-,18+,19+,20-/m1/s1. The van der Waals surface area contributed by atoms with Crippen LogP contribution < -0.4 is 11.1 Å². The van der Waals surface area contributed by atoms with Crippen LogP contribution in [0.5, 0.6) is 0 Å². The molecule has 0 unspecified atom stereocenters. The van der Waals surface area contributed by atoms with Gasteiger partial charge in [0, 0.05) is 6.54 Å². The minimum atomic E-state index is -3.42. The van der Waals surface area contributed by atoms with Gasteiger partial charge in [0.05, 0.1) is 64.2 Å². The second-order valence-electron chi connectivity index (χ2n) is 7.90. The quantitative estimate of drug-likeness (QED) is 0.191. The molecule has 0 spiro atoms. The first kappa shape index (κ1) is 28.7. The van der Waals surface area contributed by atoms with Crippen molar-refractivity contribution >= 4 is 5.82 Å². The lowest BCUT2D eigenvalue weighted by atomic mass is 9.90. The molecule has 0 aliphatic carbocycles. The zero-order valence-electron chi connectivity index (χ0n) is 19.3. The average Bonchev–Trinajstić information content (AvgIpc) is 2.83. The van der Waals surface area contributed by atoms with Gasteiger partial charge >= 0.3 is 5.92 Å². The Bertz CT molecular complexity index is 707. The highest BCUT2D eigenvalue weighted by molar-refractivity contribution is 5.35. The van der Waals surface area contributed by atoms with Gasteiger partial charge in [0.15, 0.2) is 0 Å². The van der Waals surface area contributed by atoms with Crippen LogP contribution in [-0.4, -0.2) is 109 Å². The second kappa shape index (κ2) is 14.7. The summed E-state index contributed by atoms with van der Waals surface area (Å²) in [7, 11) is 0. The van der Waals surface area contributed by atoms with Crippen LogP contribution in [0.2, 0.25) is 0 Å². The maximum atomic E-state index is 14.6. The Hall–Kier alpha value is -1.58. The Morgan fingerprint density at radius 3 is 2.38 bits per heavy atom. The van der Waals surface area contributed by atoms with Crippen molar-refractivity contribution in [3.8, 4) is 0 Å². The van der Waals surface area contributed by atoms with Crippen molar-refractivity contribution in [1.29, 1.82) is 0 Å². The molecule has 1 saturated heterocycles. The summed E-state index contributed by atoms with van der Waals surface area (Å²) < 4.78 is 50.3. The van der Waals surface area contributed by atoms with E-state index < -0.39 is 55.3 Å². The first-order valence-electron chi connectivity index (χ1n) is 11.4. The molecule has 0 bridgehead atoms. The van der Waals surface area contributed by atoms with Crippen LogP contribution in [0.15, 0.2) is 12.4 Å². The average molecular weight is 495 g/mol. The monoisotopic (exact) mass is 494 g/mol. The van der Waals surface area contributed by atoms with Crippen LogP contribution in [0.4, 0.5) is 14.6 Å². The molecule has 6 N–H and O–H groups in total. The lowest BCUT2D eigenvalue weighted by Gasteiger charge is -2.43. The smallest absolute Gasteiger partial charge is 0.314 e. The van der Waals surface area contributed by atoms with Crippen molar-refractivity contribution in [2.24, 2.45) is 5.73 Å². The molecule has 1 fully saturated rings. The molecule has 1 aromatic heterocycles. The number of ether oxygens (including phenoxy) is 4. The van der Waals surface area contributed by atoms with E-state index in [9.17, 15) is 24.1 Å². The number of hydrogen-bond donors (Lipinski definition) is 5. The molecule has 5 atom stereocenters. The highest BCUT2D eigenvalue weighted by atomic mass is 19.3. The third-order valence-electron chi connectivity index (χ3n) is 5.22. The molecule has 0 saturated carbocycles. The van der Waals surface area contributed by atoms with Crippen molar-refractivity contribution < 1.29 is 43.0 Å². The highest BCUT2D eigenvalue weighted by Crippen LogP contribution is 2.29. The Labute approximate surface area is 197 Å². The van der Waals surface area contributed by atoms with Crippen molar-refractivity contribution in [2.75, 3.05) is 58.1 Å². The summed E-state index contributed by atoms with van der Waals surface area (Å²) >= 11 is 0. The third kappa shape index (κ3) is 8.57. The number of aliphatic hydroxyl groups is 3. The van der Waals surface area contributed by atoms with Crippen molar-refractivity contribution in [2.45, 2.75) is 56.1 Å². The summed E-state index contributed by atoms with van der Waals surface area (Å²) in [5.41, 5.74) is 4.68. The van der Waals surface area contributed by atoms with Crippen LogP contribution in [0.3, 0.4) is 0 Å². The summed E-state index contributed by atoms with van der Waals surface area (Å²) in [4.78, 5) is 7.75. The van der Waals surface area contributed by atoms with E-state index in [4.69, 9.17) is 24.7 Å². The third-order valence-corrected chi connectivity index (χ3v) is 5.22. The van der Waals surface area contributed by atoms with Gasteiger partial charge in [0.25, 0.3) is 0 Å². The van der Waals surface area contributed by atoms with E-state index in [2.05, 4.69) is 15.3 Å². The predicted molar refractivity (Wildman–Crippen MR) is 118 cm³/mol. The van der Waals surface area contributed by atoms with Gasteiger partial charge in [0.2, 0.25) is 0 Å². The van der Waals surface area contributed by atoms with Crippen molar-refractivity contribution in [1.82, 2.24) is 9.97 Å². The molecular formula is C21H36F2N4O7. The Morgan fingerprint density at radius 2 is 1.74 bits per heavy atom. The molecule has 2 heterocycles. The van der Waals surface area contributed by atoms with E-state index in [1.54, 1.807) is 0 Å². The maximum Gasteiger partial charge on any atom is 0.314 e. The minimum Gasteiger partial charge on any atom is -0.394 e. The van der Waals surface area contributed by atoms with Crippen LogP contribution in [0, 0.1) is 0 Å². The van der Waals surface area contributed by atoms with E-state index in [1.165, 1.54) is 6.20 Å². The van der Waals surface area contributed by atoms with E-state index in [-0.39, 0.29) is 19.0 Å². The summed E-state index contributed by atoms with van der Waals surface area (Å²) in [6.07, 6.45) is -0.782. The van der Waals surface area contributed by atoms with E-state index in [0.717, 1.165) is 6.20 Å². The summed E-state index contributed by atoms with van der Waals surface area (Å²) in [6, 6.07) is -0.835. The predicted octanol–water partition coefficient (Wildman–Crippen LogP) is -0.361. The highest BCUT2D eigenvalue weighted by Gasteiger charge is 2.44. The molecule has 0 aromatic carbocycles. The van der Waals surface area contributed by atoms with E-state index >= 15 is 0 Å². The van der Waals surface area contributed by atoms with Gasteiger partial charge in [-0.25, -0.2) is 4.98 Å². The molecule has 34 heavy (non-hydrogen) atoms. The van der Waals surface area contributed by atoms with Crippen LogP contribution in [0.25, 0.3) is 0 Å². The van der Waals surface area contributed by atoms with Gasteiger partial charge in [-0.1, -0.05) is 13.3 Å². The fourth-order valence-corrected chi connectivity index (χ4v) is 3.48. The maximum absolute atomic E-state index is 14.6. The lowest BCUT2D eigenvalue weighted by molar-refractivity contribution is -0.186. The van der Waals surface area contributed by atoms with Crippen LogP contribution in [-0.2, 0) is 24.9 Å². The number of anilines is 1. The minimum absolute atomic E-state index is 0.0126. The Balaban J connectivity index is 1.91.